The van der Waals surface area contributed by atoms with E-state index in [0.717, 1.165) is 5.69 Å². The zero-order chi connectivity index (χ0) is 8.43. The molecule has 0 fully saturated rings. The van der Waals surface area contributed by atoms with E-state index in [4.69, 9.17) is 0 Å². The number of nitrogens with zero attached hydrogens (tertiary/aromatic N) is 3. The van der Waals surface area contributed by atoms with Gasteiger partial charge in [0.2, 0.25) is 0 Å². The lowest BCUT2D eigenvalue weighted by molar-refractivity contribution is 0.514. The minimum absolute atomic E-state index is 0. The van der Waals surface area contributed by atoms with Gasteiger partial charge in [0.1, 0.15) is 0 Å². The summed E-state index contributed by atoms with van der Waals surface area (Å²) in [5.74, 6) is 0.475. The average Bonchev–Trinajstić information content (AvgIpc) is 2.33. The molecule has 1 aromatic heterocycles. The third-order valence-corrected chi connectivity index (χ3v) is 1.65. The minimum atomic E-state index is 0. The second-order valence-electron chi connectivity index (χ2n) is 3.37. The van der Waals surface area contributed by atoms with Crippen molar-refractivity contribution in [2.75, 3.05) is 0 Å². The van der Waals surface area contributed by atoms with Crippen LogP contribution >= 0.6 is 0 Å². The van der Waals surface area contributed by atoms with Gasteiger partial charge in [0.15, 0.2) is 0 Å². The van der Waals surface area contributed by atoms with Crippen LogP contribution in [0, 0.1) is 0 Å². The van der Waals surface area contributed by atoms with E-state index in [1.807, 2.05) is 10.9 Å². The number of hydrogen-bond acceptors (Lipinski definition) is 2. The van der Waals surface area contributed by atoms with Gasteiger partial charge in [-0.1, -0.05) is 26.5 Å². The van der Waals surface area contributed by atoms with Crippen LogP contribution in [-0.2, 0) is 0 Å². The third kappa shape index (κ3) is 2.32. The average molecular weight is 169 g/mol. The number of aromatic nitrogens is 3. The molecule has 0 saturated carbocycles. The highest BCUT2D eigenvalue weighted by molar-refractivity contribution is 4.98. The van der Waals surface area contributed by atoms with Crippen LogP contribution < -0.4 is 0 Å². The Morgan fingerprint density at radius 1 is 1.25 bits per heavy atom. The second-order valence-corrected chi connectivity index (χ2v) is 3.37. The van der Waals surface area contributed by atoms with Gasteiger partial charge >= 0.3 is 0 Å². The van der Waals surface area contributed by atoms with Gasteiger partial charge in [0.05, 0.1) is 5.69 Å². The molecule has 0 saturated heterocycles. The molecule has 0 aliphatic rings. The first-order valence-electron chi connectivity index (χ1n) is 4.03. The zero-order valence-electron chi connectivity index (χ0n) is 7.57. The highest BCUT2D eigenvalue weighted by Crippen LogP contribution is 2.11. The summed E-state index contributed by atoms with van der Waals surface area (Å²) in [5.41, 5.74) is 1.07. The van der Waals surface area contributed by atoms with Crippen LogP contribution in [0.1, 0.15) is 52.8 Å². The topological polar surface area (TPSA) is 30.7 Å². The zero-order valence-corrected chi connectivity index (χ0v) is 7.57. The van der Waals surface area contributed by atoms with Gasteiger partial charge in [-0.05, 0) is 19.8 Å². The summed E-state index contributed by atoms with van der Waals surface area (Å²) in [4.78, 5) is 0. The monoisotopic (exact) mass is 169 g/mol. The Balaban J connectivity index is 0.00000121. The van der Waals surface area contributed by atoms with Crippen molar-refractivity contribution in [3.8, 4) is 0 Å². The summed E-state index contributed by atoms with van der Waals surface area (Å²) in [6.45, 7) is 8.43. The van der Waals surface area contributed by atoms with Crippen LogP contribution in [-0.4, -0.2) is 15.0 Å². The van der Waals surface area contributed by atoms with E-state index in [2.05, 4.69) is 38.0 Å². The maximum atomic E-state index is 4.05. The molecular formula is C9H19N3. The summed E-state index contributed by atoms with van der Waals surface area (Å²) in [5, 5.41) is 8.05. The fourth-order valence-electron chi connectivity index (χ4n) is 0.807. The van der Waals surface area contributed by atoms with Crippen LogP contribution in [0.5, 0.6) is 0 Å². The number of hydrogen-bond donors (Lipinski definition) is 0. The smallest absolute Gasteiger partial charge is 0.0852 e. The Morgan fingerprint density at radius 3 is 2.08 bits per heavy atom. The molecule has 0 spiro atoms. The van der Waals surface area contributed by atoms with Gasteiger partial charge in [0, 0.05) is 12.2 Å². The van der Waals surface area contributed by atoms with E-state index in [-0.39, 0.29) is 7.43 Å². The van der Waals surface area contributed by atoms with Crippen molar-refractivity contribution in [2.45, 2.75) is 47.1 Å². The van der Waals surface area contributed by atoms with Gasteiger partial charge in [-0.3, -0.25) is 0 Å². The summed E-state index contributed by atoms with van der Waals surface area (Å²) >= 11 is 0. The van der Waals surface area contributed by atoms with Crippen molar-refractivity contribution in [3.05, 3.63) is 11.9 Å². The fraction of sp³-hybridized carbons (Fsp3) is 0.778. The molecule has 3 heteroatoms. The minimum Gasteiger partial charge on any atom is -0.250 e. The largest absolute Gasteiger partial charge is 0.250 e. The van der Waals surface area contributed by atoms with Crippen LogP contribution in [0.15, 0.2) is 6.20 Å². The molecule has 70 valence electrons. The SMILES string of the molecule is C.CC(C)c1cn(C(C)C)nn1. The molecule has 0 radical (unpaired) electrons. The molecule has 0 bridgehead atoms. The van der Waals surface area contributed by atoms with Crippen molar-refractivity contribution in [2.24, 2.45) is 0 Å². The molecule has 0 aliphatic heterocycles. The van der Waals surface area contributed by atoms with Crippen LogP contribution in [0.25, 0.3) is 0 Å². The van der Waals surface area contributed by atoms with Crippen molar-refractivity contribution in [1.82, 2.24) is 15.0 Å². The lowest BCUT2D eigenvalue weighted by Crippen LogP contribution is -2.00. The number of rotatable bonds is 2. The molecule has 0 aliphatic carbocycles. The quantitative estimate of drug-likeness (QED) is 0.681. The van der Waals surface area contributed by atoms with Crippen LogP contribution in [0.4, 0.5) is 0 Å². The van der Waals surface area contributed by atoms with E-state index in [1.54, 1.807) is 0 Å². The second kappa shape index (κ2) is 4.24. The van der Waals surface area contributed by atoms with Gasteiger partial charge in [0.25, 0.3) is 0 Å². The molecule has 0 atom stereocenters. The summed E-state index contributed by atoms with van der Waals surface area (Å²) in [6.07, 6.45) is 2.01. The predicted molar refractivity (Wildman–Crippen MR) is 51.2 cm³/mol. The normalized spacial score (nSPS) is 10.5. The standard InChI is InChI=1S/C8H15N3.CH4/c1-6(2)8-5-11(7(3)4)10-9-8;/h5-7H,1-4H3;1H4. The van der Waals surface area contributed by atoms with Crippen molar-refractivity contribution in [3.63, 3.8) is 0 Å². The van der Waals surface area contributed by atoms with Crippen LogP contribution in [0.3, 0.4) is 0 Å². The maximum Gasteiger partial charge on any atom is 0.0852 e. The fourth-order valence-corrected chi connectivity index (χ4v) is 0.807. The van der Waals surface area contributed by atoms with E-state index >= 15 is 0 Å². The van der Waals surface area contributed by atoms with Crippen molar-refractivity contribution < 1.29 is 0 Å². The molecule has 0 N–H and O–H groups in total. The Morgan fingerprint density at radius 2 is 1.83 bits per heavy atom. The van der Waals surface area contributed by atoms with Crippen molar-refractivity contribution >= 4 is 0 Å². The first kappa shape index (κ1) is 11.1. The predicted octanol–water partition coefficient (Wildman–Crippen LogP) is 2.62. The molecule has 1 rings (SSSR count). The lowest BCUT2D eigenvalue weighted by atomic mass is 10.2. The maximum absolute atomic E-state index is 4.05. The van der Waals surface area contributed by atoms with Gasteiger partial charge in [-0.25, -0.2) is 4.68 Å². The molecule has 1 heterocycles. The Bertz CT molecular complexity index is 203. The summed E-state index contributed by atoms with van der Waals surface area (Å²) in [6, 6.07) is 0.412. The first-order valence-corrected chi connectivity index (χ1v) is 4.03. The first-order chi connectivity index (χ1) is 5.11. The van der Waals surface area contributed by atoms with Crippen LogP contribution in [0.2, 0.25) is 0 Å². The Labute approximate surface area is 74.8 Å². The lowest BCUT2D eigenvalue weighted by Gasteiger charge is -2.01. The molecule has 1 aromatic rings. The Kier molecular flexibility index (Phi) is 3.93. The van der Waals surface area contributed by atoms with Gasteiger partial charge < -0.3 is 0 Å². The highest BCUT2D eigenvalue weighted by atomic mass is 15.4. The summed E-state index contributed by atoms with van der Waals surface area (Å²) < 4.78 is 1.88. The molecule has 0 unspecified atom stereocenters. The third-order valence-electron chi connectivity index (χ3n) is 1.65. The molecule has 3 nitrogen and oxygen atoms in total. The van der Waals surface area contributed by atoms with Gasteiger partial charge in [-0.2, -0.15) is 0 Å². The van der Waals surface area contributed by atoms with E-state index in [1.165, 1.54) is 0 Å². The molecule has 12 heavy (non-hydrogen) atoms. The van der Waals surface area contributed by atoms with Gasteiger partial charge in [-0.15, -0.1) is 5.10 Å². The van der Waals surface area contributed by atoms with Crippen molar-refractivity contribution in [1.29, 1.82) is 0 Å². The van der Waals surface area contributed by atoms with E-state index in [9.17, 15) is 0 Å². The highest BCUT2D eigenvalue weighted by Gasteiger charge is 2.05. The molecule has 0 amide bonds. The summed E-state index contributed by atoms with van der Waals surface area (Å²) in [7, 11) is 0. The van der Waals surface area contributed by atoms with E-state index in [0.29, 0.717) is 12.0 Å². The Hall–Kier alpha value is -0.860. The molecule has 0 aromatic carbocycles. The van der Waals surface area contributed by atoms with E-state index < -0.39 is 0 Å². The molecular weight excluding hydrogens is 150 g/mol.